The molecule has 0 fully saturated rings. The Bertz CT molecular complexity index is 1150. The Morgan fingerprint density at radius 1 is 1.08 bits per heavy atom. The van der Waals surface area contributed by atoms with Crippen LogP contribution < -0.4 is 16.0 Å². The van der Waals surface area contributed by atoms with E-state index in [-0.39, 0.29) is 19.8 Å². The maximum Gasteiger partial charge on any atom is 0.343 e. The zero-order valence-corrected chi connectivity index (χ0v) is 13.9. The van der Waals surface area contributed by atoms with E-state index in [9.17, 15) is 18.0 Å². The van der Waals surface area contributed by atoms with E-state index in [2.05, 4.69) is 4.98 Å². The fourth-order valence-electron chi connectivity index (χ4n) is 2.25. The van der Waals surface area contributed by atoms with E-state index in [1.165, 1.54) is 49.6 Å². The number of aromatic nitrogens is 2. The molecule has 124 valence electrons. The van der Waals surface area contributed by atoms with Crippen molar-refractivity contribution in [3.8, 4) is 5.75 Å². The van der Waals surface area contributed by atoms with Crippen LogP contribution in [-0.4, -0.2) is 24.5 Å². The average molecular weight is 367 g/mol. The van der Waals surface area contributed by atoms with Gasteiger partial charge in [-0.15, -0.1) is 3.97 Å². The summed E-state index contributed by atoms with van der Waals surface area (Å²) >= 11 is 5.82. The lowest BCUT2D eigenvalue weighted by molar-refractivity contribution is 0.414. The van der Waals surface area contributed by atoms with Crippen molar-refractivity contribution in [2.45, 2.75) is 4.90 Å². The maximum atomic E-state index is 12.7. The SMILES string of the molecule is COc1ccc(S(=O)(=O)n2c(=O)[nH]c3cc(Cl)ccc3c2=O)cc1. The third kappa shape index (κ3) is 2.59. The summed E-state index contributed by atoms with van der Waals surface area (Å²) in [7, 11) is -2.92. The minimum Gasteiger partial charge on any atom is -0.497 e. The number of benzene rings is 2. The Morgan fingerprint density at radius 3 is 2.38 bits per heavy atom. The number of methoxy groups -OCH3 is 1. The van der Waals surface area contributed by atoms with Crippen molar-refractivity contribution >= 4 is 32.5 Å². The lowest BCUT2D eigenvalue weighted by Gasteiger charge is -2.08. The van der Waals surface area contributed by atoms with Gasteiger partial charge in [-0.25, -0.2) is 13.2 Å². The standard InChI is InChI=1S/C15H11ClN2O5S/c1-23-10-3-5-11(6-4-10)24(21,22)18-14(19)12-7-2-9(16)8-13(12)17-15(18)20/h2-8H,1H3,(H,17,20). The number of halogens is 1. The lowest BCUT2D eigenvalue weighted by atomic mass is 10.2. The van der Waals surface area contributed by atoms with Crippen LogP contribution in [0.5, 0.6) is 5.75 Å². The minimum absolute atomic E-state index is 0.0380. The molecular formula is C15H11ClN2O5S. The van der Waals surface area contributed by atoms with Gasteiger partial charge < -0.3 is 9.72 Å². The number of H-pyrrole nitrogens is 1. The molecule has 0 bridgehead atoms. The molecule has 0 spiro atoms. The van der Waals surface area contributed by atoms with E-state index in [1.54, 1.807) is 0 Å². The number of fused-ring (bicyclic) bond motifs is 1. The number of rotatable bonds is 3. The van der Waals surface area contributed by atoms with Crippen LogP contribution in [0.25, 0.3) is 10.9 Å². The monoisotopic (exact) mass is 366 g/mol. The van der Waals surface area contributed by atoms with Crippen molar-refractivity contribution in [3.05, 3.63) is 68.3 Å². The van der Waals surface area contributed by atoms with Crippen molar-refractivity contribution in [2.75, 3.05) is 7.11 Å². The van der Waals surface area contributed by atoms with Crippen LogP contribution in [-0.2, 0) is 10.0 Å². The molecule has 0 atom stereocenters. The summed E-state index contributed by atoms with van der Waals surface area (Å²) in [4.78, 5) is 26.8. The second-order valence-electron chi connectivity index (χ2n) is 4.87. The van der Waals surface area contributed by atoms with Crippen molar-refractivity contribution in [2.24, 2.45) is 0 Å². The van der Waals surface area contributed by atoms with E-state index < -0.39 is 21.3 Å². The van der Waals surface area contributed by atoms with Gasteiger partial charge in [0.15, 0.2) is 0 Å². The van der Waals surface area contributed by atoms with Crippen molar-refractivity contribution in [1.29, 1.82) is 0 Å². The molecule has 0 unspecified atom stereocenters. The summed E-state index contributed by atoms with van der Waals surface area (Å²) in [6, 6.07) is 9.53. The fourth-order valence-corrected chi connectivity index (χ4v) is 3.69. The van der Waals surface area contributed by atoms with Crippen LogP contribution in [0, 0.1) is 0 Å². The summed E-state index contributed by atoms with van der Waals surface area (Å²) in [5, 5.41) is 0.351. The molecule has 0 saturated heterocycles. The molecule has 3 aromatic rings. The predicted molar refractivity (Wildman–Crippen MR) is 89.4 cm³/mol. The van der Waals surface area contributed by atoms with E-state index in [4.69, 9.17) is 16.3 Å². The lowest BCUT2D eigenvalue weighted by Crippen LogP contribution is -2.39. The Labute approximate surface area is 141 Å². The molecule has 7 nitrogen and oxygen atoms in total. The quantitative estimate of drug-likeness (QED) is 0.759. The summed E-state index contributed by atoms with van der Waals surface area (Å²) in [6.07, 6.45) is 0. The van der Waals surface area contributed by atoms with Gasteiger partial charge in [0.1, 0.15) is 5.75 Å². The molecule has 1 heterocycles. The highest BCUT2D eigenvalue weighted by atomic mass is 35.5. The summed E-state index contributed by atoms with van der Waals surface area (Å²) < 4.78 is 30.5. The number of nitrogens with one attached hydrogen (secondary N) is 1. The molecule has 1 aromatic heterocycles. The van der Waals surface area contributed by atoms with Gasteiger partial charge in [-0.1, -0.05) is 11.6 Å². The molecule has 3 rings (SSSR count). The van der Waals surface area contributed by atoms with Gasteiger partial charge in [-0.3, -0.25) is 4.79 Å². The molecule has 0 aliphatic rings. The average Bonchev–Trinajstić information content (AvgIpc) is 2.54. The number of ether oxygens (including phenoxy) is 1. The Kier molecular flexibility index (Phi) is 3.94. The molecule has 9 heteroatoms. The van der Waals surface area contributed by atoms with Gasteiger partial charge in [0.25, 0.3) is 15.6 Å². The zero-order chi connectivity index (χ0) is 17.5. The molecule has 2 aromatic carbocycles. The van der Waals surface area contributed by atoms with Crippen LogP contribution in [0.4, 0.5) is 0 Å². The molecule has 0 amide bonds. The normalized spacial score (nSPS) is 11.6. The molecule has 0 saturated carbocycles. The van der Waals surface area contributed by atoms with E-state index in [0.29, 0.717) is 10.8 Å². The third-order valence-electron chi connectivity index (χ3n) is 3.42. The molecule has 1 N–H and O–H groups in total. The fraction of sp³-hybridized carbons (Fsp3) is 0.0667. The van der Waals surface area contributed by atoms with Gasteiger partial charge >= 0.3 is 5.69 Å². The Balaban J connectivity index is 2.30. The van der Waals surface area contributed by atoms with Crippen molar-refractivity contribution in [1.82, 2.24) is 8.96 Å². The van der Waals surface area contributed by atoms with Gasteiger partial charge in [0, 0.05) is 5.02 Å². The third-order valence-corrected chi connectivity index (χ3v) is 5.34. The highest BCUT2D eigenvalue weighted by molar-refractivity contribution is 7.90. The van der Waals surface area contributed by atoms with Gasteiger partial charge in [0.2, 0.25) is 0 Å². The topological polar surface area (TPSA) is 98.2 Å². The summed E-state index contributed by atoms with van der Waals surface area (Å²) in [5.41, 5.74) is -1.84. The minimum atomic E-state index is -4.36. The van der Waals surface area contributed by atoms with Gasteiger partial charge in [-0.05, 0) is 42.5 Å². The highest BCUT2D eigenvalue weighted by Crippen LogP contribution is 2.18. The zero-order valence-electron chi connectivity index (χ0n) is 12.3. The maximum absolute atomic E-state index is 12.7. The van der Waals surface area contributed by atoms with Gasteiger partial charge in [0.05, 0.1) is 22.9 Å². The van der Waals surface area contributed by atoms with E-state index in [0.717, 1.165) is 0 Å². The molecule has 0 aliphatic carbocycles. The smallest absolute Gasteiger partial charge is 0.343 e. The first-order chi connectivity index (χ1) is 11.3. The highest BCUT2D eigenvalue weighted by Gasteiger charge is 2.23. The van der Waals surface area contributed by atoms with E-state index >= 15 is 0 Å². The first-order valence-electron chi connectivity index (χ1n) is 6.69. The second kappa shape index (κ2) is 5.81. The Hall–Kier alpha value is -2.58. The number of aromatic amines is 1. The van der Waals surface area contributed by atoms with Crippen LogP contribution in [0.2, 0.25) is 5.02 Å². The van der Waals surface area contributed by atoms with Crippen molar-refractivity contribution < 1.29 is 13.2 Å². The first kappa shape index (κ1) is 16.3. The summed E-state index contributed by atoms with van der Waals surface area (Å²) in [5.74, 6) is 0.448. The van der Waals surface area contributed by atoms with Gasteiger partial charge in [-0.2, -0.15) is 0 Å². The number of hydrogen-bond donors (Lipinski definition) is 1. The number of hydrogen-bond acceptors (Lipinski definition) is 5. The number of nitrogens with zero attached hydrogens (tertiary/aromatic N) is 1. The molecule has 0 aliphatic heterocycles. The van der Waals surface area contributed by atoms with Crippen molar-refractivity contribution in [3.63, 3.8) is 0 Å². The predicted octanol–water partition coefficient (Wildman–Crippen LogP) is 1.59. The van der Waals surface area contributed by atoms with E-state index in [1.807, 2.05) is 0 Å². The first-order valence-corrected chi connectivity index (χ1v) is 8.50. The van der Waals surface area contributed by atoms with Crippen LogP contribution in [0.3, 0.4) is 0 Å². The molecule has 0 radical (unpaired) electrons. The second-order valence-corrected chi connectivity index (χ2v) is 7.09. The van der Waals surface area contributed by atoms with Crippen LogP contribution in [0.15, 0.2) is 56.9 Å². The van der Waals surface area contributed by atoms with Crippen LogP contribution in [0.1, 0.15) is 0 Å². The van der Waals surface area contributed by atoms with Crippen LogP contribution >= 0.6 is 11.6 Å². The molecule has 24 heavy (non-hydrogen) atoms. The summed E-state index contributed by atoms with van der Waals surface area (Å²) in [6.45, 7) is 0. The largest absolute Gasteiger partial charge is 0.497 e. The Morgan fingerprint density at radius 2 is 1.75 bits per heavy atom. The molecular weight excluding hydrogens is 356 g/mol.